The molecule has 104 valence electrons. The summed E-state index contributed by atoms with van der Waals surface area (Å²) in [5.74, 6) is 0.841. The summed E-state index contributed by atoms with van der Waals surface area (Å²) in [4.78, 5) is 3.83. The Bertz CT molecular complexity index is 438. The second kappa shape index (κ2) is 6.73. The molecule has 1 heterocycles. The molecule has 0 saturated carbocycles. The maximum absolute atomic E-state index is 5.50. The van der Waals surface area contributed by atoms with Crippen molar-refractivity contribution < 1.29 is 9.64 Å². The van der Waals surface area contributed by atoms with Crippen molar-refractivity contribution in [1.82, 2.24) is 4.90 Å². The van der Waals surface area contributed by atoms with Crippen LogP contribution in [-0.2, 0) is 0 Å². The minimum atomic E-state index is 0.808. The average Bonchev–Trinajstić information content (AvgIpc) is 2.64. The second-order valence-electron chi connectivity index (χ2n) is 4.96. The van der Waals surface area contributed by atoms with E-state index in [0.717, 1.165) is 36.2 Å². The number of nitrogens with one attached hydrogen (secondary N) is 2. The highest BCUT2D eigenvalue weighted by Gasteiger charge is 2.16. The van der Waals surface area contributed by atoms with E-state index in [1.165, 1.54) is 13.0 Å². The van der Waals surface area contributed by atoms with Crippen molar-refractivity contribution in [2.24, 2.45) is 0 Å². The number of likely N-dealkylation sites (N-methyl/N-ethyl adjacent to an activating group) is 1. The van der Waals surface area contributed by atoms with Gasteiger partial charge < -0.3 is 19.9 Å². The molecule has 0 amide bonds. The number of hydrogen-bond donors (Lipinski definition) is 2. The van der Waals surface area contributed by atoms with Gasteiger partial charge in [0.2, 0.25) is 0 Å². The highest BCUT2D eigenvalue weighted by Crippen LogP contribution is 2.17. The molecule has 0 aromatic heterocycles. The molecule has 5 heteroatoms. The van der Waals surface area contributed by atoms with E-state index in [2.05, 4.69) is 17.3 Å². The molecule has 19 heavy (non-hydrogen) atoms. The normalized spacial score (nSPS) is 19.7. The maximum atomic E-state index is 5.50. The highest BCUT2D eigenvalue weighted by molar-refractivity contribution is 7.80. The molecule has 1 aliphatic heterocycles. The predicted octanol–water partition coefficient (Wildman–Crippen LogP) is 0.612. The van der Waals surface area contributed by atoms with Crippen molar-refractivity contribution in [2.45, 2.75) is 6.42 Å². The number of thiocarbonyl (C=S) groups is 1. The number of hydrogen-bond acceptors (Lipinski definition) is 2. The average molecular weight is 280 g/mol. The van der Waals surface area contributed by atoms with E-state index in [1.807, 2.05) is 24.3 Å². The van der Waals surface area contributed by atoms with Crippen LogP contribution in [0.5, 0.6) is 5.75 Å². The molecular weight excluding hydrogens is 258 g/mol. The second-order valence-corrected chi connectivity index (χ2v) is 5.35. The van der Waals surface area contributed by atoms with Gasteiger partial charge in [-0.1, -0.05) is 6.07 Å². The number of quaternary nitrogens is 1. The van der Waals surface area contributed by atoms with Crippen LogP contribution >= 0.6 is 12.2 Å². The Morgan fingerprint density at radius 2 is 2.21 bits per heavy atom. The first-order chi connectivity index (χ1) is 9.19. The van der Waals surface area contributed by atoms with Gasteiger partial charge in [0.05, 0.1) is 33.8 Å². The number of anilines is 1. The SMILES string of the molecule is COc1cccc(NC(=S)N2CCC[NH+](C)CC2)c1. The van der Waals surface area contributed by atoms with Crippen LogP contribution in [0.2, 0.25) is 0 Å². The van der Waals surface area contributed by atoms with Gasteiger partial charge in [-0.3, -0.25) is 0 Å². The van der Waals surface area contributed by atoms with Crippen LogP contribution in [0.25, 0.3) is 0 Å². The smallest absolute Gasteiger partial charge is 0.173 e. The van der Waals surface area contributed by atoms with Crippen LogP contribution < -0.4 is 15.0 Å². The monoisotopic (exact) mass is 280 g/mol. The Morgan fingerprint density at radius 1 is 1.37 bits per heavy atom. The van der Waals surface area contributed by atoms with Crippen LogP contribution in [-0.4, -0.2) is 50.3 Å². The lowest BCUT2D eigenvalue weighted by molar-refractivity contribution is -0.877. The molecule has 0 radical (unpaired) electrons. The van der Waals surface area contributed by atoms with Crippen molar-refractivity contribution in [3.05, 3.63) is 24.3 Å². The summed E-state index contributed by atoms with van der Waals surface area (Å²) in [6.07, 6.45) is 1.19. The molecule has 1 unspecified atom stereocenters. The summed E-state index contributed by atoms with van der Waals surface area (Å²) >= 11 is 5.50. The van der Waals surface area contributed by atoms with Crippen LogP contribution in [0.15, 0.2) is 24.3 Å². The Morgan fingerprint density at radius 3 is 3.00 bits per heavy atom. The Balaban J connectivity index is 1.96. The first-order valence-corrected chi connectivity index (χ1v) is 7.11. The topological polar surface area (TPSA) is 28.9 Å². The molecule has 1 fully saturated rings. The summed E-state index contributed by atoms with van der Waals surface area (Å²) < 4.78 is 5.22. The molecule has 2 N–H and O–H groups in total. The molecule has 1 aromatic rings. The lowest BCUT2D eigenvalue weighted by atomic mass is 10.3. The summed E-state index contributed by atoms with van der Waals surface area (Å²) in [7, 11) is 3.91. The van der Waals surface area contributed by atoms with E-state index in [9.17, 15) is 0 Å². The molecule has 0 aliphatic carbocycles. The number of nitrogens with zero attached hydrogens (tertiary/aromatic N) is 1. The summed E-state index contributed by atoms with van der Waals surface area (Å²) in [6.45, 7) is 4.41. The third kappa shape index (κ3) is 4.08. The van der Waals surface area contributed by atoms with E-state index in [1.54, 1.807) is 12.0 Å². The largest absolute Gasteiger partial charge is 0.497 e. The number of ether oxygens (including phenoxy) is 1. The summed E-state index contributed by atoms with van der Waals surface area (Å²) in [6, 6.07) is 7.86. The molecular formula is C14H22N3OS+. The predicted molar refractivity (Wildman–Crippen MR) is 82.0 cm³/mol. The van der Waals surface area contributed by atoms with Gasteiger partial charge in [-0.15, -0.1) is 0 Å². The molecule has 0 spiro atoms. The molecule has 4 nitrogen and oxygen atoms in total. The first-order valence-electron chi connectivity index (χ1n) is 6.70. The van der Waals surface area contributed by atoms with Gasteiger partial charge >= 0.3 is 0 Å². The Hall–Kier alpha value is -1.33. The van der Waals surface area contributed by atoms with Gasteiger partial charge in [0.25, 0.3) is 0 Å². The standard InChI is InChI=1S/C14H21N3OS/c1-16-7-4-8-17(10-9-16)14(19)15-12-5-3-6-13(11-12)18-2/h3,5-6,11H,4,7-10H2,1-2H3,(H,15,19)/p+1. The lowest BCUT2D eigenvalue weighted by Gasteiger charge is -2.23. The van der Waals surface area contributed by atoms with E-state index < -0.39 is 0 Å². The minimum Gasteiger partial charge on any atom is -0.497 e. The molecule has 1 aliphatic rings. The molecule has 1 saturated heterocycles. The number of methoxy groups -OCH3 is 1. The molecule has 1 aromatic carbocycles. The molecule has 1 atom stereocenters. The molecule has 2 rings (SSSR count). The fourth-order valence-corrected chi connectivity index (χ4v) is 2.54. The molecule has 0 bridgehead atoms. The van der Waals surface area contributed by atoms with Crippen LogP contribution in [0.3, 0.4) is 0 Å². The van der Waals surface area contributed by atoms with Gasteiger partial charge in [-0.05, 0) is 24.4 Å². The van der Waals surface area contributed by atoms with Crippen molar-refractivity contribution in [2.75, 3.05) is 45.7 Å². The summed E-state index contributed by atoms with van der Waals surface area (Å²) in [5.41, 5.74) is 0.981. The zero-order valence-electron chi connectivity index (χ0n) is 11.6. The van der Waals surface area contributed by atoms with Gasteiger partial charge in [0.15, 0.2) is 5.11 Å². The fourth-order valence-electron chi connectivity index (χ4n) is 2.24. The van der Waals surface area contributed by atoms with Crippen molar-refractivity contribution in [1.29, 1.82) is 0 Å². The van der Waals surface area contributed by atoms with Crippen LogP contribution in [0.1, 0.15) is 6.42 Å². The maximum Gasteiger partial charge on any atom is 0.173 e. The van der Waals surface area contributed by atoms with E-state index in [4.69, 9.17) is 17.0 Å². The van der Waals surface area contributed by atoms with E-state index in [0.29, 0.717) is 0 Å². The third-order valence-corrected chi connectivity index (χ3v) is 3.81. The fraction of sp³-hybridized carbons (Fsp3) is 0.500. The quantitative estimate of drug-likeness (QED) is 0.777. The highest BCUT2D eigenvalue weighted by atomic mass is 32.1. The Kier molecular flexibility index (Phi) is 4.99. The van der Waals surface area contributed by atoms with Gasteiger partial charge in [0.1, 0.15) is 5.75 Å². The van der Waals surface area contributed by atoms with Crippen LogP contribution in [0, 0.1) is 0 Å². The first kappa shape index (κ1) is 14.1. The Labute approximate surface area is 120 Å². The lowest BCUT2D eigenvalue weighted by Crippen LogP contribution is -3.09. The zero-order chi connectivity index (χ0) is 13.7. The minimum absolute atomic E-state index is 0.808. The number of benzene rings is 1. The zero-order valence-corrected chi connectivity index (χ0v) is 12.4. The van der Waals surface area contributed by atoms with Gasteiger partial charge in [-0.25, -0.2) is 0 Å². The van der Waals surface area contributed by atoms with Crippen molar-refractivity contribution in [3.8, 4) is 5.75 Å². The van der Waals surface area contributed by atoms with Crippen LogP contribution in [0.4, 0.5) is 5.69 Å². The van der Waals surface area contributed by atoms with E-state index >= 15 is 0 Å². The number of rotatable bonds is 2. The van der Waals surface area contributed by atoms with Gasteiger partial charge in [-0.2, -0.15) is 0 Å². The third-order valence-electron chi connectivity index (χ3n) is 3.45. The van der Waals surface area contributed by atoms with E-state index in [-0.39, 0.29) is 0 Å². The van der Waals surface area contributed by atoms with Crippen molar-refractivity contribution >= 4 is 23.0 Å². The summed E-state index contributed by atoms with van der Waals surface area (Å²) in [5, 5.41) is 4.11. The van der Waals surface area contributed by atoms with Gasteiger partial charge in [0, 0.05) is 24.7 Å². The van der Waals surface area contributed by atoms with Crippen molar-refractivity contribution in [3.63, 3.8) is 0 Å².